The van der Waals surface area contributed by atoms with Gasteiger partial charge in [-0.2, -0.15) is 0 Å². The molecule has 1 amide bonds. The molecule has 0 radical (unpaired) electrons. The van der Waals surface area contributed by atoms with E-state index in [1.165, 1.54) is 5.56 Å². The van der Waals surface area contributed by atoms with Crippen molar-refractivity contribution in [2.45, 2.75) is 33.1 Å². The van der Waals surface area contributed by atoms with Crippen molar-refractivity contribution in [2.75, 3.05) is 31.7 Å². The molecule has 0 saturated carbocycles. The first-order valence-electron chi connectivity index (χ1n) is 10.0. The quantitative estimate of drug-likeness (QED) is 0.695. The average Bonchev–Trinajstić information content (AvgIpc) is 2.95. The molecule has 7 nitrogen and oxygen atoms in total. The molecule has 1 aliphatic rings. The van der Waals surface area contributed by atoms with E-state index in [2.05, 4.69) is 19.2 Å². The zero-order valence-electron chi connectivity index (χ0n) is 17.5. The topological polar surface area (TPSA) is 83.1 Å². The molecule has 0 aromatic heterocycles. The van der Waals surface area contributed by atoms with Crippen LogP contribution in [0.3, 0.4) is 0 Å². The van der Waals surface area contributed by atoms with Crippen molar-refractivity contribution in [2.24, 2.45) is 0 Å². The van der Waals surface area contributed by atoms with Crippen LogP contribution in [0.5, 0.6) is 17.2 Å². The molecule has 0 atom stereocenters. The Hall–Kier alpha value is -3.22. The van der Waals surface area contributed by atoms with Gasteiger partial charge in [0.1, 0.15) is 5.75 Å². The minimum Gasteiger partial charge on any atom is -0.490 e. The van der Waals surface area contributed by atoms with Crippen molar-refractivity contribution in [1.29, 1.82) is 0 Å². The molecule has 0 spiro atoms. The Labute approximate surface area is 176 Å². The molecule has 160 valence electrons. The molecule has 0 saturated heterocycles. The fraction of sp³-hybridized carbons (Fsp3) is 0.391. The number of amides is 1. The van der Waals surface area contributed by atoms with Gasteiger partial charge < -0.3 is 24.3 Å². The van der Waals surface area contributed by atoms with E-state index in [-0.39, 0.29) is 6.61 Å². The van der Waals surface area contributed by atoms with Crippen molar-refractivity contribution >= 4 is 17.6 Å². The summed E-state index contributed by atoms with van der Waals surface area (Å²) in [5.41, 5.74) is 2.87. The number of hydrogen-bond acceptors (Lipinski definition) is 6. The second kappa shape index (κ2) is 10.0. The SMILES string of the molecule is Cc1cc(OCC(=O)OCC(=O)Nc2ccc3c(c2)OCCCO3)ccc1C(C)C. The maximum Gasteiger partial charge on any atom is 0.344 e. The highest BCUT2D eigenvalue weighted by molar-refractivity contribution is 5.93. The molecule has 3 rings (SSSR count). The highest BCUT2D eigenvalue weighted by atomic mass is 16.6. The van der Waals surface area contributed by atoms with E-state index in [0.717, 1.165) is 12.0 Å². The Kier molecular flexibility index (Phi) is 7.17. The highest BCUT2D eigenvalue weighted by Crippen LogP contribution is 2.32. The minimum atomic E-state index is -0.616. The van der Waals surface area contributed by atoms with Gasteiger partial charge in [0.25, 0.3) is 5.91 Å². The summed E-state index contributed by atoms with van der Waals surface area (Å²) < 4.78 is 21.6. The molecule has 0 unspecified atom stereocenters. The van der Waals surface area contributed by atoms with Crippen molar-refractivity contribution in [3.63, 3.8) is 0 Å². The fourth-order valence-corrected chi connectivity index (χ4v) is 3.15. The molecule has 0 bridgehead atoms. The van der Waals surface area contributed by atoms with Crippen LogP contribution in [-0.2, 0) is 14.3 Å². The Morgan fingerprint density at radius 1 is 1.03 bits per heavy atom. The molecule has 0 fully saturated rings. The van der Waals surface area contributed by atoms with Crippen LogP contribution >= 0.6 is 0 Å². The van der Waals surface area contributed by atoms with Gasteiger partial charge in [-0.1, -0.05) is 19.9 Å². The molecular weight excluding hydrogens is 386 g/mol. The Morgan fingerprint density at radius 3 is 2.53 bits per heavy atom. The molecule has 0 aliphatic carbocycles. The molecular formula is C23H27NO6. The maximum atomic E-state index is 12.1. The summed E-state index contributed by atoms with van der Waals surface area (Å²) in [6, 6.07) is 10.8. The largest absolute Gasteiger partial charge is 0.490 e. The molecule has 2 aromatic rings. The normalized spacial score (nSPS) is 12.8. The van der Waals surface area contributed by atoms with Gasteiger partial charge in [-0.25, -0.2) is 4.79 Å². The predicted octanol–water partition coefficient (Wildman–Crippen LogP) is 3.84. The third kappa shape index (κ3) is 5.89. The van der Waals surface area contributed by atoms with Crippen LogP contribution in [-0.4, -0.2) is 38.3 Å². The molecule has 1 aliphatic heterocycles. The van der Waals surface area contributed by atoms with Crippen molar-refractivity contribution in [3.05, 3.63) is 47.5 Å². The second-order valence-electron chi connectivity index (χ2n) is 7.38. The lowest BCUT2D eigenvalue weighted by molar-refractivity contribution is -0.149. The molecule has 2 aromatic carbocycles. The molecule has 1 heterocycles. The van der Waals surface area contributed by atoms with E-state index in [4.69, 9.17) is 18.9 Å². The highest BCUT2D eigenvalue weighted by Gasteiger charge is 2.13. The predicted molar refractivity (Wildman–Crippen MR) is 112 cm³/mol. The van der Waals surface area contributed by atoms with E-state index in [0.29, 0.717) is 42.1 Å². The zero-order chi connectivity index (χ0) is 21.5. The van der Waals surface area contributed by atoms with Gasteiger partial charge in [0, 0.05) is 18.2 Å². The summed E-state index contributed by atoms with van der Waals surface area (Å²) in [7, 11) is 0. The van der Waals surface area contributed by atoms with Crippen LogP contribution in [0.15, 0.2) is 36.4 Å². The Morgan fingerprint density at radius 2 is 1.80 bits per heavy atom. The van der Waals surface area contributed by atoms with Gasteiger partial charge in [-0.05, 0) is 48.2 Å². The fourth-order valence-electron chi connectivity index (χ4n) is 3.15. The Bertz CT molecular complexity index is 909. The number of hydrogen-bond donors (Lipinski definition) is 1. The van der Waals surface area contributed by atoms with Crippen molar-refractivity contribution < 1.29 is 28.5 Å². The van der Waals surface area contributed by atoms with E-state index in [1.807, 2.05) is 25.1 Å². The number of benzene rings is 2. The average molecular weight is 413 g/mol. The van der Waals surface area contributed by atoms with Crippen LogP contribution in [0.4, 0.5) is 5.69 Å². The lowest BCUT2D eigenvalue weighted by Gasteiger charge is -2.12. The standard InChI is InChI=1S/C23H27NO6/c1-15(2)19-7-6-18(11-16(19)3)29-14-23(26)30-13-22(25)24-17-5-8-20-21(12-17)28-10-4-9-27-20/h5-8,11-12,15H,4,9-10,13-14H2,1-3H3,(H,24,25). The number of carbonyl (C=O) groups is 2. The van der Waals surface area contributed by atoms with Crippen LogP contribution in [0, 0.1) is 6.92 Å². The van der Waals surface area contributed by atoms with Gasteiger partial charge >= 0.3 is 5.97 Å². The van der Waals surface area contributed by atoms with E-state index in [1.54, 1.807) is 18.2 Å². The number of ether oxygens (including phenoxy) is 4. The number of nitrogens with one attached hydrogen (secondary N) is 1. The number of carbonyl (C=O) groups excluding carboxylic acids is 2. The number of aryl methyl sites for hydroxylation is 1. The summed E-state index contributed by atoms with van der Waals surface area (Å²) in [5.74, 6) is 1.16. The number of fused-ring (bicyclic) bond motifs is 1. The smallest absolute Gasteiger partial charge is 0.344 e. The van der Waals surface area contributed by atoms with Crippen molar-refractivity contribution in [1.82, 2.24) is 0 Å². The van der Waals surface area contributed by atoms with Crippen LogP contribution in [0.1, 0.15) is 37.3 Å². The second-order valence-corrected chi connectivity index (χ2v) is 7.38. The van der Waals surface area contributed by atoms with Crippen LogP contribution < -0.4 is 19.5 Å². The van der Waals surface area contributed by atoms with Gasteiger partial charge in [-0.3, -0.25) is 4.79 Å². The van der Waals surface area contributed by atoms with Gasteiger partial charge in [0.15, 0.2) is 24.7 Å². The van der Waals surface area contributed by atoms with E-state index < -0.39 is 18.5 Å². The first-order chi connectivity index (χ1) is 14.4. The van der Waals surface area contributed by atoms with Crippen molar-refractivity contribution in [3.8, 4) is 17.2 Å². The molecule has 1 N–H and O–H groups in total. The summed E-state index contributed by atoms with van der Waals surface area (Å²) in [6.07, 6.45) is 0.801. The number of rotatable bonds is 7. The summed E-state index contributed by atoms with van der Waals surface area (Å²) in [6.45, 7) is 6.74. The summed E-state index contributed by atoms with van der Waals surface area (Å²) in [5, 5.41) is 2.67. The third-order valence-electron chi connectivity index (χ3n) is 4.62. The van der Waals surface area contributed by atoms with E-state index >= 15 is 0 Å². The minimum absolute atomic E-state index is 0.266. The monoisotopic (exact) mass is 413 g/mol. The number of esters is 1. The summed E-state index contributed by atoms with van der Waals surface area (Å²) in [4.78, 5) is 24.0. The molecule has 30 heavy (non-hydrogen) atoms. The lowest BCUT2D eigenvalue weighted by Crippen LogP contribution is -2.23. The third-order valence-corrected chi connectivity index (χ3v) is 4.62. The summed E-state index contributed by atoms with van der Waals surface area (Å²) >= 11 is 0. The van der Waals surface area contributed by atoms with E-state index in [9.17, 15) is 9.59 Å². The first-order valence-corrected chi connectivity index (χ1v) is 10.0. The van der Waals surface area contributed by atoms with Crippen LogP contribution in [0.25, 0.3) is 0 Å². The molecule has 7 heteroatoms. The first kappa shape index (κ1) is 21.5. The zero-order valence-corrected chi connectivity index (χ0v) is 17.5. The number of anilines is 1. The maximum absolute atomic E-state index is 12.1. The van der Waals surface area contributed by atoms with Crippen LogP contribution in [0.2, 0.25) is 0 Å². The van der Waals surface area contributed by atoms with Gasteiger partial charge in [-0.15, -0.1) is 0 Å². The lowest BCUT2D eigenvalue weighted by atomic mass is 9.98. The Balaban J connectivity index is 1.44. The van der Waals surface area contributed by atoms with Gasteiger partial charge in [0.05, 0.1) is 13.2 Å². The van der Waals surface area contributed by atoms with Gasteiger partial charge in [0.2, 0.25) is 0 Å².